The van der Waals surface area contributed by atoms with Gasteiger partial charge in [-0.05, 0) is 12.1 Å². The Morgan fingerprint density at radius 2 is 2.06 bits per heavy atom. The van der Waals surface area contributed by atoms with Crippen molar-refractivity contribution < 1.29 is 18.0 Å². The van der Waals surface area contributed by atoms with E-state index in [1.807, 2.05) is 0 Å². The van der Waals surface area contributed by atoms with Gasteiger partial charge in [0.2, 0.25) is 0 Å². The first-order valence-corrected chi connectivity index (χ1v) is 4.83. The molecule has 0 aliphatic rings. The van der Waals surface area contributed by atoms with E-state index in [4.69, 9.17) is 17.3 Å². The molecule has 4 N–H and O–H groups in total. The van der Waals surface area contributed by atoms with Crippen LogP contribution in [0.3, 0.4) is 0 Å². The lowest BCUT2D eigenvalue weighted by atomic mass is 10.3. The number of anilines is 2. The molecule has 8 heteroatoms. The molecule has 0 radical (unpaired) electrons. The number of rotatable bonds is 2. The fraction of sp³-hybridized carbons (Fsp3) is 0.222. The van der Waals surface area contributed by atoms with Gasteiger partial charge in [-0.1, -0.05) is 17.7 Å². The lowest BCUT2D eigenvalue weighted by Crippen LogP contribution is -2.36. The number of halogens is 4. The van der Waals surface area contributed by atoms with E-state index in [-0.39, 0.29) is 16.4 Å². The van der Waals surface area contributed by atoms with Crippen LogP contribution in [0.4, 0.5) is 29.3 Å². The van der Waals surface area contributed by atoms with Gasteiger partial charge < -0.3 is 16.4 Å². The van der Waals surface area contributed by atoms with Gasteiger partial charge in [-0.25, -0.2) is 4.79 Å². The van der Waals surface area contributed by atoms with E-state index in [0.29, 0.717) is 0 Å². The van der Waals surface area contributed by atoms with Crippen LogP contribution >= 0.6 is 11.6 Å². The minimum Gasteiger partial charge on any atom is -0.397 e. The molecule has 0 fully saturated rings. The van der Waals surface area contributed by atoms with Gasteiger partial charge in [0.25, 0.3) is 0 Å². The Balaban J connectivity index is 2.63. The van der Waals surface area contributed by atoms with Gasteiger partial charge in [-0.15, -0.1) is 0 Å². The summed E-state index contributed by atoms with van der Waals surface area (Å²) in [5.74, 6) is 0. The van der Waals surface area contributed by atoms with Crippen molar-refractivity contribution in [2.75, 3.05) is 17.6 Å². The number of nitrogens with two attached hydrogens (primary N) is 1. The summed E-state index contributed by atoms with van der Waals surface area (Å²) in [4.78, 5) is 11.1. The second kappa shape index (κ2) is 5.13. The van der Waals surface area contributed by atoms with E-state index >= 15 is 0 Å². The highest BCUT2D eigenvalue weighted by Crippen LogP contribution is 2.27. The van der Waals surface area contributed by atoms with E-state index < -0.39 is 18.8 Å². The lowest BCUT2D eigenvalue weighted by molar-refractivity contribution is -0.122. The van der Waals surface area contributed by atoms with Crippen LogP contribution < -0.4 is 16.4 Å². The van der Waals surface area contributed by atoms with Crippen LogP contribution in [0, 0.1) is 0 Å². The maximum Gasteiger partial charge on any atom is 0.405 e. The van der Waals surface area contributed by atoms with Crippen LogP contribution in [0.1, 0.15) is 0 Å². The predicted molar refractivity (Wildman–Crippen MR) is 58.9 cm³/mol. The Morgan fingerprint density at radius 3 is 2.59 bits per heavy atom. The smallest absolute Gasteiger partial charge is 0.397 e. The minimum absolute atomic E-state index is 0.0776. The van der Waals surface area contributed by atoms with Crippen molar-refractivity contribution in [1.29, 1.82) is 0 Å². The highest BCUT2D eigenvalue weighted by atomic mass is 35.5. The Labute approximate surface area is 99.9 Å². The SMILES string of the molecule is Nc1cccc(Cl)c1NC(=O)NCC(F)(F)F. The zero-order valence-corrected chi connectivity index (χ0v) is 9.19. The topological polar surface area (TPSA) is 67.1 Å². The predicted octanol–water partition coefficient (Wildman–Crippen LogP) is 2.61. The number of amides is 2. The summed E-state index contributed by atoms with van der Waals surface area (Å²) in [5, 5.41) is 3.93. The third-order valence-corrected chi connectivity index (χ3v) is 2.05. The number of carbonyl (C=O) groups excluding carboxylic acids is 1. The molecular formula is C9H9ClF3N3O. The van der Waals surface area contributed by atoms with Crippen LogP contribution in [-0.2, 0) is 0 Å². The van der Waals surface area contributed by atoms with Gasteiger partial charge >= 0.3 is 12.2 Å². The number of alkyl halides is 3. The lowest BCUT2D eigenvalue weighted by Gasteiger charge is -2.12. The van der Waals surface area contributed by atoms with Gasteiger partial charge in [0.1, 0.15) is 6.54 Å². The molecule has 1 rings (SSSR count). The summed E-state index contributed by atoms with van der Waals surface area (Å²) in [6.07, 6.45) is -4.47. The van der Waals surface area contributed by atoms with Crippen molar-refractivity contribution in [3.63, 3.8) is 0 Å². The fourth-order valence-corrected chi connectivity index (χ4v) is 1.24. The molecule has 1 aromatic rings. The molecule has 94 valence electrons. The number of hydrogen-bond acceptors (Lipinski definition) is 2. The van der Waals surface area contributed by atoms with E-state index in [0.717, 1.165) is 0 Å². The maximum atomic E-state index is 11.8. The first kappa shape index (κ1) is 13.4. The van der Waals surface area contributed by atoms with E-state index in [9.17, 15) is 18.0 Å². The molecule has 2 amide bonds. The molecule has 0 aromatic heterocycles. The monoisotopic (exact) mass is 267 g/mol. The summed E-state index contributed by atoms with van der Waals surface area (Å²) in [5.41, 5.74) is 5.75. The minimum atomic E-state index is -4.47. The van der Waals surface area contributed by atoms with Gasteiger partial charge in [-0.3, -0.25) is 0 Å². The van der Waals surface area contributed by atoms with Gasteiger partial charge in [0, 0.05) is 0 Å². The summed E-state index contributed by atoms with van der Waals surface area (Å²) in [6, 6.07) is 3.45. The second-order valence-corrected chi connectivity index (χ2v) is 3.53. The molecule has 0 spiro atoms. The van der Waals surface area contributed by atoms with E-state index in [2.05, 4.69) is 5.32 Å². The third-order valence-electron chi connectivity index (χ3n) is 1.73. The van der Waals surface area contributed by atoms with Crippen molar-refractivity contribution in [3.05, 3.63) is 23.2 Å². The zero-order valence-electron chi connectivity index (χ0n) is 8.44. The van der Waals surface area contributed by atoms with Gasteiger partial charge in [0.15, 0.2) is 0 Å². The molecule has 0 aliphatic carbocycles. The molecule has 17 heavy (non-hydrogen) atoms. The Hall–Kier alpha value is -1.63. The second-order valence-electron chi connectivity index (χ2n) is 3.13. The summed E-state index contributed by atoms with van der Waals surface area (Å²) < 4.78 is 35.5. The van der Waals surface area contributed by atoms with Crippen LogP contribution in [0.5, 0.6) is 0 Å². The van der Waals surface area contributed by atoms with Crippen molar-refractivity contribution in [2.24, 2.45) is 0 Å². The van der Waals surface area contributed by atoms with Crippen molar-refractivity contribution >= 4 is 29.0 Å². The number of nitrogen functional groups attached to an aromatic ring is 1. The Bertz CT molecular complexity index is 402. The number of carbonyl (C=O) groups is 1. The van der Waals surface area contributed by atoms with Crippen LogP contribution in [0.2, 0.25) is 5.02 Å². The zero-order chi connectivity index (χ0) is 13.1. The molecule has 0 atom stereocenters. The average Bonchev–Trinajstić information content (AvgIpc) is 2.20. The highest BCUT2D eigenvalue weighted by Gasteiger charge is 2.27. The molecule has 0 saturated carbocycles. The van der Waals surface area contributed by atoms with Crippen molar-refractivity contribution in [1.82, 2.24) is 5.32 Å². The normalized spacial score (nSPS) is 11.1. The molecule has 1 aromatic carbocycles. The molecule has 4 nitrogen and oxygen atoms in total. The van der Waals surface area contributed by atoms with Crippen molar-refractivity contribution in [2.45, 2.75) is 6.18 Å². The number of hydrogen-bond donors (Lipinski definition) is 3. The number of benzene rings is 1. The molecule has 0 bridgehead atoms. The number of urea groups is 1. The molecular weight excluding hydrogens is 259 g/mol. The number of para-hydroxylation sites is 1. The Morgan fingerprint density at radius 1 is 1.41 bits per heavy atom. The highest BCUT2D eigenvalue weighted by molar-refractivity contribution is 6.34. The van der Waals surface area contributed by atoms with E-state index in [1.54, 1.807) is 11.4 Å². The average molecular weight is 268 g/mol. The van der Waals surface area contributed by atoms with Crippen LogP contribution in [0.25, 0.3) is 0 Å². The first-order valence-electron chi connectivity index (χ1n) is 4.45. The van der Waals surface area contributed by atoms with Crippen LogP contribution in [0.15, 0.2) is 18.2 Å². The third kappa shape index (κ3) is 4.39. The molecule has 0 saturated heterocycles. The summed E-state index contributed by atoms with van der Waals surface area (Å²) in [6.45, 7) is -1.43. The first-order chi connectivity index (χ1) is 7.79. The standard InChI is InChI=1S/C9H9ClF3N3O/c10-5-2-1-3-6(14)7(5)16-8(17)15-4-9(11,12)13/h1-3H,4,14H2,(H2,15,16,17). The Kier molecular flexibility index (Phi) is 4.06. The summed E-state index contributed by atoms with van der Waals surface area (Å²) in [7, 11) is 0. The summed E-state index contributed by atoms with van der Waals surface area (Å²) >= 11 is 5.72. The van der Waals surface area contributed by atoms with E-state index in [1.165, 1.54) is 12.1 Å². The molecule has 0 aliphatic heterocycles. The fourth-order valence-electron chi connectivity index (χ4n) is 1.01. The largest absolute Gasteiger partial charge is 0.405 e. The van der Waals surface area contributed by atoms with Gasteiger partial charge in [0.05, 0.1) is 16.4 Å². The van der Waals surface area contributed by atoms with Crippen molar-refractivity contribution in [3.8, 4) is 0 Å². The van der Waals surface area contributed by atoms with Crippen LogP contribution in [-0.4, -0.2) is 18.8 Å². The quantitative estimate of drug-likeness (QED) is 0.721. The molecule has 0 heterocycles. The molecule has 0 unspecified atom stereocenters. The van der Waals surface area contributed by atoms with Gasteiger partial charge in [-0.2, -0.15) is 13.2 Å². The maximum absolute atomic E-state index is 11.8. The number of nitrogens with one attached hydrogen (secondary N) is 2.